The normalized spacial score (nSPS) is 37.3. The molecule has 1 aromatic rings. The van der Waals surface area contributed by atoms with Crippen LogP contribution in [0.5, 0.6) is 0 Å². The van der Waals surface area contributed by atoms with Crippen molar-refractivity contribution in [1.29, 1.82) is 0 Å². The highest BCUT2D eigenvalue weighted by Crippen LogP contribution is 2.34. The molecule has 116 valence electrons. The molecule has 3 unspecified atom stereocenters. The molecule has 0 aromatic heterocycles. The molecule has 1 aromatic carbocycles. The first-order chi connectivity index (χ1) is 10.2. The molecule has 0 bridgehead atoms. The number of rotatable bonds is 3. The van der Waals surface area contributed by atoms with Gasteiger partial charge in [0.1, 0.15) is 0 Å². The third-order valence-electron chi connectivity index (χ3n) is 5.88. The van der Waals surface area contributed by atoms with E-state index in [0.29, 0.717) is 0 Å². The molecule has 2 saturated carbocycles. The third kappa shape index (κ3) is 3.88. The van der Waals surface area contributed by atoms with E-state index < -0.39 is 0 Å². The Morgan fingerprint density at radius 3 is 2.24 bits per heavy atom. The van der Waals surface area contributed by atoms with Crippen LogP contribution in [0.2, 0.25) is 0 Å². The molecule has 1 nitrogen and oxygen atoms in total. The fraction of sp³-hybridized carbons (Fsp3) is 0.700. The zero-order valence-corrected chi connectivity index (χ0v) is 13.7. The van der Waals surface area contributed by atoms with E-state index in [2.05, 4.69) is 49.5 Å². The predicted molar refractivity (Wildman–Crippen MR) is 90.5 cm³/mol. The quantitative estimate of drug-likeness (QED) is 0.812. The molecule has 0 saturated heterocycles. The summed E-state index contributed by atoms with van der Waals surface area (Å²) < 4.78 is 0. The Labute approximate surface area is 130 Å². The van der Waals surface area contributed by atoms with Gasteiger partial charge in [0.2, 0.25) is 0 Å². The maximum atomic E-state index is 4.00. The summed E-state index contributed by atoms with van der Waals surface area (Å²) in [4.78, 5) is 0. The van der Waals surface area contributed by atoms with E-state index in [1.807, 2.05) is 0 Å². The van der Waals surface area contributed by atoms with Crippen LogP contribution in [0, 0.1) is 11.8 Å². The molecule has 21 heavy (non-hydrogen) atoms. The van der Waals surface area contributed by atoms with E-state index in [1.54, 1.807) is 5.56 Å². The minimum absolute atomic E-state index is 0.769. The van der Waals surface area contributed by atoms with E-state index in [4.69, 9.17) is 0 Å². The van der Waals surface area contributed by atoms with Crippen molar-refractivity contribution in [3.8, 4) is 0 Å². The first kappa shape index (κ1) is 15.1. The minimum atomic E-state index is 0.769. The van der Waals surface area contributed by atoms with E-state index in [-0.39, 0.29) is 0 Å². The van der Waals surface area contributed by atoms with Gasteiger partial charge >= 0.3 is 0 Å². The summed E-state index contributed by atoms with van der Waals surface area (Å²) in [6.07, 6.45) is 9.66. The van der Waals surface area contributed by atoms with Crippen molar-refractivity contribution >= 4 is 0 Å². The maximum absolute atomic E-state index is 4.00. The second-order valence-corrected chi connectivity index (χ2v) is 7.63. The molecular formula is C20H31N. The zero-order valence-electron chi connectivity index (χ0n) is 13.7. The van der Waals surface area contributed by atoms with Gasteiger partial charge in [-0.25, -0.2) is 0 Å². The third-order valence-corrected chi connectivity index (χ3v) is 5.88. The summed E-state index contributed by atoms with van der Waals surface area (Å²) in [6, 6.07) is 12.7. The van der Waals surface area contributed by atoms with Crippen molar-refractivity contribution in [3.63, 3.8) is 0 Å². The summed E-state index contributed by atoms with van der Waals surface area (Å²) in [5.74, 6) is 2.60. The Balaban J connectivity index is 1.48. The van der Waals surface area contributed by atoms with E-state index in [0.717, 1.165) is 29.8 Å². The monoisotopic (exact) mass is 285 g/mol. The predicted octanol–water partition coefficient (Wildman–Crippen LogP) is 5.13. The second kappa shape index (κ2) is 6.96. The van der Waals surface area contributed by atoms with Gasteiger partial charge in [0, 0.05) is 12.1 Å². The number of benzene rings is 1. The lowest BCUT2D eigenvalue weighted by molar-refractivity contribution is 0.196. The first-order valence-corrected chi connectivity index (χ1v) is 9.03. The van der Waals surface area contributed by atoms with Crippen LogP contribution in [0.4, 0.5) is 0 Å². The van der Waals surface area contributed by atoms with Crippen LogP contribution in [0.25, 0.3) is 0 Å². The van der Waals surface area contributed by atoms with E-state index in [9.17, 15) is 0 Å². The lowest BCUT2D eigenvalue weighted by Crippen LogP contribution is -2.45. The maximum Gasteiger partial charge on any atom is 0.00954 e. The highest BCUT2D eigenvalue weighted by Gasteiger charge is 2.29. The van der Waals surface area contributed by atoms with Gasteiger partial charge < -0.3 is 5.32 Å². The summed E-state index contributed by atoms with van der Waals surface area (Å²) >= 11 is 0. The summed E-state index contributed by atoms with van der Waals surface area (Å²) in [6.45, 7) is 4.86. The topological polar surface area (TPSA) is 12.0 Å². The van der Waals surface area contributed by atoms with E-state index in [1.165, 1.54) is 44.9 Å². The molecule has 2 aliphatic rings. The molecular weight excluding hydrogens is 254 g/mol. The van der Waals surface area contributed by atoms with Crippen LogP contribution in [0.15, 0.2) is 30.3 Å². The standard InChI is InChI=1S/C20H31N/c1-15-8-13-20(16(2)14-15)21-19-11-9-18(10-12-19)17-6-4-3-5-7-17/h3-7,15-16,18-21H,8-14H2,1-2H3. The Bertz CT molecular complexity index is 419. The van der Waals surface area contributed by atoms with Crippen LogP contribution in [0.3, 0.4) is 0 Å². The molecule has 2 fully saturated rings. The Morgan fingerprint density at radius 2 is 1.57 bits per heavy atom. The molecule has 0 amide bonds. The largest absolute Gasteiger partial charge is 0.311 e. The molecule has 3 atom stereocenters. The Kier molecular flexibility index (Phi) is 5.00. The van der Waals surface area contributed by atoms with Gasteiger partial charge in [0.05, 0.1) is 0 Å². The highest BCUT2D eigenvalue weighted by atomic mass is 15.0. The average molecular weight is 285 g/mol. The van der Waals surface area contributed by atoms with Crippen molar-refractivity contribution in [1.82, 2.24) is 5.32 Å². The van der Waals surface area contributed by atoms with Crippen LogP contribution >= 0.6 is 0 Å². The van der Waals surface area contributed by atoms with Gasteiger partial charge in [-0.15, -0.1) is 0 Å². The highest BCUT2D eigenvalue weighted by molar-refractivity contribution is 5.20. The minimum Gasteiger partial charge on any atom is -0.311 e. The zero-order chi connectivity index (χ0) is 14.7. The molecule has 2 aliphatic carbocycles. The van der Waals surface area contributed by atoms with Crippen LogP contribution in [-0.2, 0) is 0 Å². The fourth-order valence-corrected chi connectivity index (χ4v) is 4.53. The van der Waals surface area contributed by atoms with Crippen molar-refractivity contribution in [3.05, 3.63) is 35.9 Å². The van der Waals surface area contributed by atoms with Gasteiger partial charge in [-0.05, 0) is 68.3 Å². The second-order valence-electron chi connectivity index (χ2n) is 7.63. The number of hydrogen-bond acceptors (Lipinski definition) is 1. The summed E-state index contributed by atoms with van der Waals surface area (Å²) in [5.41, 5.74) is 1.55. The average Bonchev–Trinajstić information content (AvgIpc) is 2.52. The molecule has 1 N–H and O–H groups in total. The first-order valence-electron chi connectivity index (χ1n) is 9.03. The molecule has 0 heterocycles. The van der Waals surface area contributed by atoms with E-state index >= 15 is 0 Å². The molecule has 0 aliphatic heterocycles. The number of hydrogen-bond donors (Lipinski definition) is 1. The van der Waals surface area contributed by atoms with Crippen LogP contribution in [0.1, 0.15) is 70.3 Å². The molecule has 0 spiro atoms. The van der Waals surface area contributed by atoms with Crippen LogP contribution < -0.4 is 5.32 Å². The summed E-state index contributed by atoms with van der Waals surface area (Å²) in [5, 5.41) is 4.00. The Morgan fingerprint density at radius 1 is 0.857 bits per heavy atom. The summed E-state index contributed by atoms with van der Waals surface area (Å²) in [7, 11) is 0. The molecule has 1 heteroatoms. The lowest BCUT2D eigenvalue weighted by Gasteiger charge is -2.38. The van der Waals surface area contributed by atoms with Gasteiger partial charge in [0.15, 0.2) is 0 Å². The van der Waals surface area contributed by atoms with Gasteiger partial charge in [-0.2, -0.15) is 0 Å². The SMILES string of the molecule is CC1CCC(NC2CCC(c3ccccc3)CC2)C(C)C1. The molecule has 3 rings (SSSR count). The van der Waals surface area contributed by atoms with Crippen LogP contribution in [-0.4, -0.2) is 12.1 Å². The van der Waals surface area contributed by atoms with Crippen molar-refractivity contribution < 1.29 is 0 Å². The van der Waals surface area contributed by atoms with Crippen molar-refractivity contribution in [2.24, 2.45) is 11.8 Å². The molecule has 0 radical (unpaired) electrons. The van der Waals surface area contributed by atoms with Gasteiger partial charge in [0.25, 0.3) is 0 Å². The fourth-order valence-electron chi connectivity index (χ4n) is 4.53. The van der Waals surface area contributed by atoms with Gasteiger partial charge in [-0.1, -0.05) is 44.2 Å². The van der Waals surface area contributed by atoms with Crippen molar-refractivity contribution in [2.45, 2.75) is 76.8 Å². The lowest BCUT2D eigenvalue weighted by atomic mass is 9.78. The number of nitrogens with one attached hydrogen (secondary N) is 1. The smallest absolute Gasteiger partial charge is 0.00954 e. The Hall–Kier alpha value is -0.820. The van der Waals surface area contributed by atoms with Crippen molar-refractivity contribution in [2.75, 3.05) is 0 Å². The van der Waals surface area contributed by atoms with Gasteiger partial charge in [-0.3, -0.25) is 0 Å².